The molecule has 1 N–H and O–H groups in total. The van der Waals surface area contributed by atoms with Crippen molar-refractivity contribution in [1.29, 1.82) is 0 Å². The summed E-state index contributed by atoms with van der Waals surface area (Å²) in [6.07, 6.45) is 3.02. The first kappa shape index (κ1) is 16.7. The zero-order valence-corrected chi connectivity index (χ0v) is 14.7. The maximum atomic E-state index is 12.9. The minimum Gasteiger partial charge on any atom is -0.454 e. The van der Waals surface area contributed by atoms with E-state index < -0.39 is 0 Å². The Bertz CT molecular complexity index is 737. The number of amides is 2. The van der Waals surface area contributed by atoms with Crippen molar-refractivity contribution >= 4 is 23.2 Å². The Morgan fingerprint density at radius 1 is 1.42 bits per heavy atom. The molecule has 0 saturated carbocycles. The zero-order chi connectivity index (χ0) is 17.1. The molecule has 2 amide bonds. The fraction of sp³-hybridized carbons (Fsp3) is 0.471. The number of nitrogens with one attached hydrogen (secondary N) is 1. The molecule has 2 aromatic rings. The van der Waals surface area contributed by atoms with Crippen LogP contribution in [0.1, 0.15) is 59.2 Å². The van der Waals surface area contributed by atoms with E-state index in [-0.39, 0.29) is 24.4 Å². The molecule has 1 saturated heterocycles. The summed E-state index contributed by atoms with van der Waals surface area (Å²) >= 11 is 1.61. The number of furan rings is 1. The van der Waals surface area contributed by atoms with E-state index in [1.54, 1.807) is 23.5 Å². The summed E-state index contributed by atoms with van der Waals surface area (Å²) in [5.74, 6) is 0.652. The first-order valence-corrected chi connectivity index (χ1v) is 8.98. The van der Waals surface area contributed by atoms with Crippen LogP contribution in [0.15, 0.2) is 21.9 Å². The Balaban J connectivity index is 1.75. The molecule has 0 bridgehead atoms. The minimum atomic E-state index is -0.130. The van der Waals surface area contributed by atoms with Gasteiger partial charge in [0.05, 0.1) is 12.6 Å². The van der Waals surface area contributed by atoms with Gasteiger partial charge in [-0.25, -0.2) is 4.98 Å². The first-order valence-electron chi connectivity index (χ1n) is 8.10. The zero-order valence-electron chi connectivity index (χ0n) is 13.9. The molecule has 6 nitrogen and oxygen atoms in total. The monoisotopic (exact) mass is 347 g/mol. The maximum Gasteiger partial charge on any atom is 0.290 e. The van der Waals surface area contributed by atoms with Gasteiger partial charge in [0.2, 0.25) is 5.91 Å². The maximum absolute atomic E-state index is 12.9. The Labute approximate surface area is 144 Å². The average molecular weight is 347 g/mol. The van der Waals surface area contributed by atoms with E-state index >= 15 is 0 Å². The van der Waals surface area contributed by atoms with Gasteiger partial charge < -0.3 is 14.6 Å². The highest BCUT2D eigenvalue weighted by Gasteiger charge is 2.32. The molecule has 1 fully saturated rings. The van der Waals surface area contributed by atoms with Gasteiger partial charge in [-0.1, -0.05) is 0 Å². The van der Waals surface area contributed by atoms with Gasteiger partial charge in [-0.15, -0.1) is 11.3 Å². The molecule has 1 aliphatic rings. The van der Waals surface area contributed by atoms with E-state index in [0.717, 1.165) is 30.0 Å². The van der Waals surface area contributed by atoms with Crippen molar-refractivity contribution in [2.45, 2.75) is 45.7 Å². The highest BCUT2D eigenvalue weighted by molar-refractivity contribution is 7.09. The summed E-state index contributed by atoms with van der Waals surface area (Å²) in [6, 6.07) is 3.43. The van der Waals surface area contributed by atoms with Crippen molar-refractivity contribution in [3.63, 3.8) is 0 Å². The Kier molecular flexibility index (Phi) is 4.99. The molecule has 2 aromatic heterocycles. The number of thiazole rings is 1. The van der Waals surface area contributed by atoms with Crippen LogP contribution in [0.5, 0.6) is 0 Å². The summed E-state index contributed by atoms with van der Waals surface area (Å²) in [7, 11) is 0. The van der Waals surface area contributed by atoms with Crippen molar-refractivity contribution in [2.75, 3.05) is 6.54 Å². The number of aryl methyl sites for hydroxylation is 1. The van der Waals surface area contributed by atoms with Crippen molar-refractivity contribution in [2.24, 2.45) is 0 Å². The fourth-order valence-electron chi connectivity index (χ4n) is 2.90. The van der Waals surface area contributed by atoms with Crippen LogP contribution in [0.3, 0.4) is 0 Å². The molecule has 24 heavy (non-hydrogen) atoms. The molecule has 0 unspecified atom stereocenters. The van der Waals surface area contributed by atoms with Gasteiger partial charge in [0.15, 0.2) is 5.76 Å². The van der Waals surface area contributed by atoms with Crippen LogP contribution >= 0.6 is 11.3 Å². The van der Waals surface area contributed by atoms with Gasteiger partial charge in [-0.2, -0.15) is 0 Å². The van der Waals surface area contributed by atoms with Crippen LogP contribution < -0.4 is 5.32 Å². The summed E-state index contributed by atoms with van der Waals surface area (Å²) < 4.78 is 5.62. The van der Waals surface area contributed by atoms with Crippen LogP contribution in [0.2, 0.25) is 0 Å². The van der Waals surface area contributed by atoms with Crippen LogP contribution in [0, 0.1) is 6.92 Å². The minimum absolute atomic E-state index is 0.0221. The lowest BCUT2D eigenvalue weighted by atomic mass is 10.0. The number of piperidine rings is 1. The average Bonchev–Trinajstić information content (AvgIpc) is 3.21. The van der Waals surface area contributed by atoms with Crippen LogP contribution in [0.25, 0.3) is 0 Å². The van der Waals surface area contributed by atoms with E-state index in [9.17, 15) is 9.59 Å². The number of carbonyl (C=O) groups is 2. The lowest BCUT2D eigenvalue weighted by Gasteiger charge is -2.33. The fourth-order valence-corrected chi connectivity index (χ4v) is 3.84. The predicted molar refractivity (Wildman–Crippen MR) is 90.7 cm³/mol. The van der Waals surface area contributed by atoms with E-state index in [4.69, 9.17) is 4.42 Å². The Hall–Kier alpha value is -2.15. The van der Waals surface area contributed by atoms with Crippen molar-refractivity contribution in [3.8, 4) is 0 Å². The summed E-state index contributed by atoms with van der Waals surface area (Å²) in [6.45, 7) is 4.42. The number of hydrogen-bond acceptors (Lipinski definition) is 5. The number of nitrogens with zero attached hydrogens (tertiary/aromatic N) is 2. The molecule has 0 aromatic carbocycles. The largest absolute Gasteiger partial charge is 0.454 e. The lowest BCUT2D eigenvalue weighted by molar-refractivity contribution is -0.119. The number of carbonyl (C=O) groups excluding carboxylic acids is 2. The summed E-state index contributed by atoms with van der Waals surface area (Å²) in [4.78, 5) is 30.3. The van der Waals surface area contributed by atoms with Gasteiger partial charge in [0, 0.05) is 24.5 Å². The first-order chi connectivity index (χ1) is 11.5. The number of aromatic nitrogens is 1. The van der Waals surface area contributed by atoms with E-state index in [1.165, 1.54) is 6.92 Å². The molecular weight excluding hydrogens is 326 g/mol. The third-order valence-electron chi connectivity index (χ3n) is 4.07. The molecule has 3 rings (SSSR count). The molecule has 0 aliphatic carbocycles. The quantitative estimate of drug-likeness (QED) is 0.922. The molecule has 7 heteroatoms. The van der Waals surface area contributed by atoms with Gasteiger partial charge in [0.1, 0.15) is 10.8 Å². The molecular formula is C17H21N3O3S. The normalized spacial score (nSPS) is 17.8. The highest BCUT2D eigenvalue weighted by atomic mass is 32.1. The van der Waals surface area contributed by atoms with E-state index in [2.05, 4.69) is 10.3 Å². The highest BCUT2D eigenvalue weighted by Crippen LogP contribution is 2.34. The molecule has 1 atom stereocenters. The van der Waals surface area contributed by atoms with Gasteiger partial charge >= 0.3 is 0 Å². The summed E-state index contributed by atoms with van der Waals surface area (Å²) in [5.41, 5.74) is 0.989. The van der Waals surface area contributed by atoms with Gasteiger partial charge in [-0.05, 0) is 38.3 Å². The third-order valence-corrected chi connectivity index (χ3v) is 5.13. The topological polar surface area (TPSA) is 75.4 Å². The van der Waals surface area contributed by atoms with Crippen LogP contribution in [-0.2, 0) is 11.3 Å². The number of likely N-dealkylation sites (tertiary alicyclic amines) is 1. The van der Waals surface area contributed by atoms with E-state index in [1.807, 2.05) is 17.2 Å². The molecule has 3 heterocycles. The number of rotatable bonds is 4. The Morgan fingerprint density at radius 2 is 2.25 bits per heavy atom. The Morgan fingerprint density at radius 3 is 2.96 bits per heavy atom. The lowest BCUT2D eigenvalue weighted by Crippen LogP contribution is -2.38. The third kappa shape index (κ3) is 3.67. The SMILES string of the molecule is CC(=O)NCc1ccc(C(=O)N2CCCC[C@@H]2c2nc(C)cs2)o1. The van der Waals surface area contributed by atoms with Crippen molar-refractivity contribution < 1.29 is 14.0 Å². The van der Waals surface area contributed by atoms with E-state index in [0.29, 0.717) is 18.1 Å². The standard InChI is InChI=1S/C17H21N3O3S/c1-11-10-24-16(19-11)14-5-3-4-8-20(14)17(22)15-7-6-13(23-15)9-18-12(2)21/h6-7,10,14H,3-5,8-9H2,1-2H3,(H,18,21)/t14-/m1/s1. The second kappa shape index (κ2) is 7.17. The van der Waals surface area contributed by atoms with Crippen LogP contribution in [-0.4, -0.2) is 28.2 Å². The van der Waals surface area contributed by atoms with Gasteiger partial charge in [0.25, 0.3) is 5.91 Å². The van der Waals surface area contributed by atoms with Crippen molar-refractivity contribution in [3.05, 3.63) is 39.7 Å². The predicted octanol–water partition coefficient (Wildman–Crippen LogP) is 3.05. The summed E-state index contributed by atoms with van der Waals surface area (Å²) in [5, 5.41) is 5.68. The van der Waals surface area contributed by atoms with Crippen LogP contribution in [0.4, 0.5) is 0 Å². The van der Waals surface area contributed by atoms with Gasteiger partial charge in [-0.3, -0.25) is 9.59 Å². The second-order valence-corrected chi connectivity index (χ2v) is 6.90. The number of hydrogen-bond donors (Lipinski definition) is 1. The second-order valence-electron chi connectivity index (χ2n) is 6.01. The van der Waals surface area contributed by atoms with Crippen molar-refractivity contribution in [1.82, 2.24) is 15.2 Å². The molecule has 1 aliphatic heterocycles. The molecule has 0 radical (unpaired) electrons. The smallest absolute Gasteiger partial charge is 0.290 e. The molecule has 0 spiro atoms. The molecule has 128 valence electrons.